The van der Waals surface area contributed by atoms with Crippen molar-refractivity contribution in [2.45, 2.75) is 37.8 Å². The van der Waals surface area contributed by atoms with Crippen LogP contribution in [0.5, 0.6) is 11.6 Å². The summed E-state index contributed by atoms with van der Waals surface area (Å²) in [5, 5.41) is -0.230. The zero-order valence-corrected chi connectivity index (χ0v) is 20.9. The fourth-order valence-electron chi connectivity index (χ4n) is 3.90. The Balaban J connectivity index is 1.59. The van der Waals surface area contributed by atoms with Crippen LogP contribution < -0.4 is 14.4 Å². The number of carbonyl (C=O) groups is 1. The monoisotopic (exact) mass is 518 g/mol. The molecule has 35 heavy (non-hydrogen) atoms. The molecule has 0 spiro atoms. The first-order chi connectivity index (χ1) is 16.5. The molecule has 0 bridgehead atoms. The number of pyridine rings is 2. The lowest BCUT2D eigenvalue weighted by molar-refractivity contribution is 0.0981. The van der Waals surface area contributed by atoms with Crippen LogP contribution in [0.15, 0.2) is 59.8 Å². The molecule has 1 atom stereocenters. The van der Waals surface area contributed by atoms with Gasteiger partial charge in [0.05, 0.1) is 5.56 Å². The first-order valence-corrected chi connectivity index (χ1v) is 12.7. The lowest BCUT2D eigenvalue weighted by atomic mass is 9.90. The number of carbonyl (C=O) groups excluding carboxylic acids is 1. The van der Waals surface area contributed by atoms with Gasteiger partial charge in [0, 0.05) is 35.4 Å². The molecule has 3 aromatic rings. The molecule has 1 fully saturated rings. The number of benzene rings is 1. The number of halogens is 2. The quantitative estimate of drug-likeness (QED) is 0.500. The summed E-state index contributed by atoms with van der Waals surface area (Å²) in [5.74, 6) is -1.16. The second kappa shape index (κ2) is 9.43. The van der Waals surface area contributed by atoms with Gasteiger partial charge in [-0.3, -0.25) is 4.79 Å². The number of anilines is 1. The lowest BCUT2D eigenvalue weighted by Crippen LogP contribution is -2.43. The fraction of sp³-hybridized carbons (Fsp3) is 0.292. The van der Waals surface area contributed by atoms with E-state index >= 15 is 0 Å². The van der Waals surface area contributed by atoms with E-state index in [1.165, 1.54) is 36.4 Å². The standard InChI is InChI=1S/C24H24ClFN4O4S/c1-15-11-13-30(24(15,2)3)22-17(6-5-12-27-22)23(31)29-35(32,33)21-8-4-7-20(28-21)34-19-14-16(25)9-10-18(19)26/h4-10,12,14-15H,11,13H2,1-3H3,(H,29,31). The number of hydrogen-bond donors (Lipinski definition) is 1. The third-order valence-corrected chi connectivity index (χ3v) is 7.75. The summed E-state index contributed by atoms with van der Waals surface area (Å²) in [7, 11) is -4.38. The van der Waals surface area contributed by atoms with Gasteiger partial charge in [0.15, 0.2) is 16.6 Å². The Kier molecular flexibility index (Phi) is 6.70. The van der Waals surface area contributed by atoms with Gasteiger partial charge in [-0.25, -0.2) is 14.1 Å². The molecule has 0 saturated carbocycles. The molecule has 3 heterocycles. The van der Waals surface area contributed by atoms with Crippen molar-refractivity contribution in [1.82, 2.24) is 14.7 Å². The molecule has 4 rings (SSSR count). The van der Waals surface area contributed by atoms with Crippen LogP contribution in [0.3, 0.4) is 0 Å². The Labute approximate surface area is 208 Å². The second-order valence-corrected chi connectivity index (χ2v) is 10.9. The third kappa shape index (κ3) is 5.08. The number of nitrogens with zero attached hydrogens (tertiary/aromatic N) is 3. The van der Waals surface area contributed by atoms with Gasteiger partial charge in [-0.05, 0) is 56.5 Å². The maximum Gasteiger partial charge on any atom is 0.281 e. The summed E-state index contributed by atoms with van der Waals surface area (Å²) < 4.78 is 47.4. The lowest BCUT2D eigenvalue weighted by Gasteiger charge is -2.36. The van der Waals surface area contributed by atoms with Crippen molar-refractivity contribution in [2.75, 3.05) is 11.4 Å². The highest BCUT2D eigenvalue weighted by atomic mass is 35.5. The molecule has 1 aliphatic heterocycles. The SMILES string of the molecule is CC1CCN(c2ncccc2C(=O)NS(=O)(=O)c2cccc(Oc3cc(Cl)ccc3F)n2)C1(C)C. The summed E-state index contributed by atoms with van der Waals surface area (Å²) >= 11 is 5.87. The predicted molar refractivity (Wildman–Crippen MR) is 130 cm³/mol. The van der Waals surface area contributed by atoms with Crippen LogP contribution in [0, 0.1) is 11.7 Å². The maximum atomic E-state index is 14.0. The van der Waals surface area contributed by atoms with E-state index in [0.717, 1.165) is 12.5 Å². The van der Waals surface area contributed by atoms with E-state index in [4.69, 9.17) is 16.3 Å². The van der Waals surface area contributed by atoms with Gasteiger partial charge in [0.25, 0.3) is 15.9 Å². The molecule has 1 amide bonds. The highest BCUT2D eigenvalue weighted by Crippen LogP contribution is 2.38. The van der Waals surface area contributed by atoms with Crippen molar-refractivity contribution in [3.63, 3.8) is 0 Å². The van der Waals surface area contributed by atoms with E-state index in [-0.39, 0.29) is 27.8 Å². The number of hydrogen-bond acceptors (Lipinski definition) is 7. The molecule has 1 unspecified atom stereocenters. The van der Waals surface area contributed by atoms with E-state index in [2.05, 4.69) is 35.5 Å². The van der Waals surface area contributed by atoms with Crippen LogP contribution in [-0.2, 0) is 10.0 Å². The third-order valence-electron chi connectivity index (χ3n) is 6.28. The summed E-state index contributed by atoms with van der Waals surface area (Å²) in [6, 6.07) is 10.7. The Hall–Kier alpha value is -3.24. The van der Waals surface area contributed by atoms with Crippen molar-refractivity contribution in [2.24, 2.45) is 5.92 Å². The molecule has 184 valence electrons. The molecule has 0 aliphatic carbocycles. The van der Waals surface area contributed by atoms with Crippen molar-refractivity contribution >= 4 is 33.3 Å². The van der Waals surface area contributed by atoms with E-state index in [9.17, 15) is 17.6 Å². The summed E-state index contributed by atoms with van der Waals surface area (Å²) in [6.45, 7) is 6.95. The van der Waals surface area contributed by atoms with Crippen LogP contribution in [0.1, 0.15) is 37.6 Å². The Bertz CT molecular complexity index is 1380. The van der Waals surface area contributed by atoms with Crippen molar-refractivity contribution in [3.8, 4) is 11.6 Å². The van der Waals surface area contributed by atoms with Crippen LogP contribution in [0.4, 0.5) is 10.2 Å². The highest BCUT2D eigenvalue weighted by Gasteiger charge is 2.40. The van der Waals surface area contributed by atoms with Gasteiger partial charge in [-0.2, -0.15) is 13.4 Å². The summed E-state index contributed by atoms with van der Waals surface area (Å²) in [4.78, 5) is 23.4. The number of sulfonamides is 1. The normalized spacial score (nSPS) is 17.3. The minimum Gasteiger partial charge on any atom is -0.436 e. The zero-order chi connectivity index (χ0) is 25.4. The van der Waals surface area contributed by atoms with Gasteiger partial charge >= 0.3 is 0 Å². The first kappa shape index (κ1) is 24.9. The molecule has 1 N–H and O–H groups in total. The topological polar surface area (TPSA) is 101 Å². The predicted octanol–water partition coefficient (Wildman–Crippen LogP) is 4.80. The van der Waals surface area contributed by atoms with Gasteiger partial charge in [-0.1, -0.05) is 24.6 Å². The zero-order valence-electron chi connectivity index (χ0n) is 19.3. The van der Waals surface area contributed by atoms with E-state index in [1.54, 1.807) is 12.3 Å². The molecule has 11 heteroatoms. The minimum atomic E-state index is -4.38. The molecule has 0 radical (unpaired) electrons. The molecule has 1 saturated heterocycles. The second-order valence-electron chi connectivity index (χ2n) is 8.80. The molecule has 8 nitrogen and oxygen atoms in total. The van der Waals surface area contributed by atoms with E-state index in [1.807, 2.05) is 4.90 Å². The number of rotatable bonds is 6. The number of ether oxygens (including phenoxy) is 1. The number of amides is 1. The van der Waals surface area contributed by atoms with Crippen molar-refractivity contribution < 1.29 is 22.3 Å². The van der Waals surface area contributed by atoms with Crippen molar-refractivity contribution in [3.05, 3.63) is 71.1 Å². The summed E-state index contributed by atoms with van der Waals surface area (Å²) in [6.07, 6.45) is 2.49. The number of aromatic nitrogens is 2. The smallest absolute Gasteiger partial charge is 0.281 e. The van der Waals surface area contributed by atoms with Gasteiger partial charge in [0.1, 0.15) is 5.82 Å². The molecule has 1 aromatic carbocycles. The molecular weight excluding hydrogens is 495 g/mol. The van der Waals surface area contributed by atoms with Crippen LogP contribution >= 0.6 is 11.6 Å². The van der Waals surface area contributed by atoms with Gasteiger partial charge in [0.2, 0.25) is 5.88 Å². The number of nitrogens with one attached hydrogen (secondary N) is 1. The fourth-order valence-corrected chi connectivity index (χ4v) is 4.99. The minimum absolute atomic E-state index is 0.131. The molecular formula is C24H24ClFN4O4S. The Morgan fingerprint density at radius 3 is 2.71 bits per heavy atom. The van der Waals surface area contributed by atoms with Gasteiger partial charge in [-0.15, -0.1) is 0 Å². The van der Waals surface area contributed by atoms with E-state index < -0.39 is 26.8 Å². The Morgan fingerprint density at radius 2 is 2.00 bits per heavy atom. The summed E-state index contributed by atoms with van der Waals surface area (Å²) in [5.41, 5.74) is -0.128. The largest absolute Gasteiger partial charge is 0.436 e. The van der Waals surface area contributed by atoms with E-state index in [0.29, 0.717) is 18.3 Å². The average Bonchev–Trinajstić information content (AvgIpc) is 3.08. The van der Waals surface area contributed by atoms with Crippen LogP contribution in [0.2, 0.25) is 5.02 Å². The maximum absolute atomic E-state index is 14.0. The highest BCUT2D eigenvalue weighted by molar-refractivity contribution is 7.90. The average molecular weight is 519 g/mol. The van der Waals surface area contributed by atoms with Crippen LogP contribution in [-0.4, -0.2) is 36.4 Å². The first-order valence-electron chi connectivity index (χ1n) is 10.9. The van der Waals surface area contributed by atoms with Gasteiger partial charge < -0.3 is 9.64 Å². The van der Waals surface area contributed by atoms with Crippen molar-refractivity contribution in [1.29, 1.82) is 0 Å². The Morgan fingerprint density at radius 1 is 1.23 bits per heavy atom. The van der Waals surface area contributed by atoms with Crippen LogP contribution in [0.25, 0.3) is 0 Å². The molecule has 1 aliphatic rings. The molecule has 2 aromatic heterocycles.